The fourth-order valence-corrected chi connectivity index (χ4v) is 1.03. The molecule has 1 aliphatic rings. The van der Waals surface area contributed by atoms with Gasteiger partial charge in [-0.15, -0.1) is 6.42 Å². The summed E-state index contributed by atoms with van der Waals surface area (Å²) in [6, 6.07) is 0. The summed E-state index contributed by atoms with van der Waals surface area (Å²) in [4.78, 5) is 0. The van der Waals surface area contributed by atoms with Gasteiger partial charge in [0.05, 0.1) is 12.7 Å². The lowest BCUT2D eigenvalue weighted by Crippen LogP contribution is -2.13. The number of ether oxygens (including phenoxy) is 2. The average Bonchev–Trinajstić information content (AvgIpc) is 2.41. The van der Waals surface area contributed by atoms with Crippen LogP contribution in [0.5, 0.6) is 0 Å². The molecule has 1 fully saturated rings. The minimum Gasteiger partial charge on any atom is -0.376 e. The van der Waals surface area contributed by atoms with Crippen LogP contribution >= 0.6 is 0 Å². The molecule has 1 aliphatic heterocycles. The molecule has 1 heterocycles. The maximum atomic E-state index is 5.31. The van der Waals surface area contributed by atoms with Crippen LogP contribution in [-0.2, 0) is 9.47 Å². The van der Waals surface area contributed by atoms with E-state index in [0.717, 1.165) is 19.4 Å². The number of terminal acetylenes is 1. The van der Waals surface area contributed by atoms with Gasteiger partial charge in [0.25, 0.3) is 0 Å². The molecule has 0 aromatic carbocycles. The first-order chi connectivity index (χ1) is 4.93. The summed E-state index contributed by atoms with van der Waals surface area (Å²) in [5.74, 6) is 2.41. The van der Waals surface area contributed by atoms with Gasteiger partial charge in [0, 0.05) is 6.61 Å². The third kappa shape index (κ3) is 2.38. The first kappa shape index (κ1) is 7.59. The first-order valence-corrected chi connectivity index (χ1v) is 3.56. The highest BCUT2D eigenvalue weighted by molar-refractivity contribution is 4.83. The Morgan fingerprint density at radius 2 is 2.60 bits per heavy atom. The Balaban J connectivity index is 1.97. The van der Waals surface area contributed by atoms with E-state index in [1.54, 1.807) is 0 Å². The smallest absolute Gasteiger partial charge is 0.107 e. The fraction of sp³-hybridized carbons (Fsp3) is 0.750. The van der Waals surface area contributed by atoms with Crippen molar-refractivity contribution >= 4 is 0 Å². The second kappa shape index (κ2) is 4.32. The number of hydrogen-bond acceptors (Lipinski definition) is 2. The second-order valence-electron chi connectivity index (χ2n) is 2.35. The Kier molecular flexibility index (Phi) is 3.28. The highest BCUT2D eigenvalue weighted by Crippen LogP contribution is 2.11. The molecule has 1 saturated heterocycles. The molecule has 0 N–H and O–H groups in total. The summed E-state index contributed by atoms with van der Waals surface area (Å²) in [5.41, 5.74) is 0. The molecular weight excluding hydrogens is 128 g/mol. The Bertz CT molecular complexity index is 120. The van der Waals surface area contributed by atoms with E-state index >= 15 is 0 Å². The molecule has 0 aromatic rings. The number of hydrogen-bond donors (Lipinski definition) is 0. The molecular formula is C8H12O2. The lowest BCUT2D eigenvalue weighted by atomic mass is 10.2. The van der Waals surface area contributed by atoms with Gasteiger partial charge in [-0.2, -0.15) is 0 Å². The van der Waals surface area contributed by atoms with Gasteiger partial charge in [-0.1, -0.05) is 5.92 Å². The van der Waals surface area contributed by atoms with E-state index in [0.29, 0.717) is 19.3 Å². The van der Waals surface area contributed by atoms with E-state index in [4.69, 9.17) is 15.9 Å². The molecule has 2 nitrogen and oxygen atoms in total. The van der Waals surface area contributed by atoms with Crippen LogP contribution in [0.3, 0.4) is 0 Å². The maximum Gasteiger partial charge on any atom is 0.107 e. The van der Waals surface area contributed by atoms with Crippen molar-refractivity contribution in [1.29, 1.82) is 0 Å². The topological polar surface area (TPSA) is 18.5 Å². The van der Waals surface area contributed by atoms with Gasteiger partial charge >= 0.3 is 0 Å². The predicted molar refractivity (Wildman–Crippen MR) is 38.6 cm³/mol. The van der Waals surface area contributed by atoms with Crippen molar-refractivity contribution in [1.82, 2.24) is 0 Å². The summed E-state index contributed by atoms with van der Waals surface area (Å²) in [6.45, 7) is 1.94. The molecule has 0 saturated carbocycles. The number of rotatable bonds is 3. The molecule has 0 spiro atoms. The molecule has 0 aromatic heterocycles. The van der Waals surface area contributed by atoms with E-state index in [2.05, 4.69) is 5.92 Å². The van der Waals surface area contributed by atoms with Crippen molar-refractivity contribution in [2.75, 3.05) is 19.8 Å². The van der Waals surface area contributed by atoms with Crippen LogP contribution in [0, 0.1) is 12.3 Å². The van der Waals surface area contributed by atoms with Gasteiger partial charge in [0.2, 0.25) is 0 Å². The van der Waals surface area contributed by atoms with Crippen molar-refractivity contribution in [2.24, 2.45) is 0 Å². The summed E-state index contributed by atoms with van der Waals surface area (Å²) >= 11 is 0. The summed E-state index contributed by atoms with van der Waals surface area (Å²) < 4.78 is 10.4. The minimum absolute atomic E-state index is 0.299. The standard InChI is InChI=1S/C8H12O2/c1-2-5-9-7-8-4-3-6-10-8/h1,8H,3-7H2. The van der Waals surface area contributed by atoms with Gasteiger partial charge < -0.3 is 9.47 Å². The molecule has 1 atom stereocenters. The summed E-state index contributed by atoms with van der Waals surface area (Å²) in [6.07, 6.45) is 7.57. The molecule has 0 amide bonds. The third-order valence-corrected chi connectivity index (χ3v) is 1.51. The van der Waals surface area contributed by atoms with Gasteiger partial charge in [-0.05, 0) is 12.8 Å². The first-order valence-electron chi connectivity index (χ1n) is 3.56. The molecule has 0 radical (unpaired) electrons. The van der Waals surface area contributed by atoms with Crippen molar-refractivity contribution in [3.63, 3.8) is 0 Å². The van der Waals surface area contributed by atoms with Crippen LogP contribution in [0.1, 0.15) is 12.8 Å². The molecule has 10 heavy (non-hydrogen) atoms. The van der Waals surface area contributed by atoms with E-state index in [9.17, 15) is 0 Å². The molecule has 56 valence electrons. The highest BCUT2D eigenvalue weighted by atomic mass is 16.5. The SMILES string of the molecule is C#CCOCC1CCCO1. The zero-order chi connectivity index (χ0) is 7.23. The van der Waals surface area contributed by atoms with Crippen LogP contribution in [-0.4, -0.2) is 25.9 Å². The monoisotopic (exact) mass is 140 g/mol. The molecule has 1 rings (SSSR count). The van der Waals surface area contributed by atoms with Crippen LogP contribution < -0.4 is 0 Å². The lowest BCUT2D eigenvalue weighted by Gasteiger charge is -2.06. The van der Waals surface area contributed by atoms with Crippen molar-refractivity contribution in [2.45, 2.75) is 18.9 Å². The van der Waals surface area contributed by atoms with Gasteiger partial charge in [0.1, 0.15) is 6.61 Å². The Morgan fingerprint density at radius 3 is 3.20 bits per heavy atom. The average molecular weight is 140 g/mol. The summed E-state index contributed by atoms with van der Waals surface area (Å²) in [7, 11) is 0. The summed E-state index contributed by atoms with van der Waals surface area (Å²) in [5, 5.41) is 0. The van der Waals surface area contributed by atoms with Crippen molar-refractivity contribution in [3.05, 3.63) is 0 Å². The predicted octanol–water partition coefficient (Wildman–Crippen LogP) is 0.815. The van der Waals surface area contributed by atoms with E-state index in [1.165, 1.54) is 0 Å². The van der Waals surface area contributed by atoms with Crippen LogP contribution in [0.15, 0.2) is 0 Å². The van der Waals surface area contributed by atoms with E-state index < -0.39 is 0 Å². The Hall–Kier alpha value is -0.520. The maximum absolute atomic E-state index is 5.31. The minimum atomic E-state index is 0.299. The molecule has 0 bridgehead atoms. The van der Waals surface area contributed by atoms with Gasteiger partial charge in [-0.25, -0.2) is 0 Å². The molecule has 1 unspecified atom stereocenters. The largest absolute Gasteiger partial charge is 0.376 e. The fourth-order valence-electron chi connectivity index (χ4n) is 1.03. The van der Waals surface area contributed by atoms with Crippen LogP contribution in [0.2, 0.25) is 0 Å². The highest BCUT2D eigenvalue weighted by Gasteiger charge is 2.14. The second-order valence-corrected chi connectivity index (χ2v) is 2.35. The van der Waals surface area contributed by atoms with Gasteiger partial charge in [0.15, 0.2) is 0 Å². The van der Waals surface area contributed by atoms with Crippen LogP contribution in [0.25, 0.3) is 0 Å². The Labute approximate surface area is 61.5 Å². The van der Waals surface area contributed by atoms with Crippen molar-refractivity contribution < 1.29 is 9.47 Å². The normalized spacial score (nSPS) is 24.5. The molecule has 0 aliphatic carbocycles. The zero-order valence-electron chi connectivity index (χ0n) is 6.01. The molecule has 2 heteroatoms. The zero-order valence-corrected chi connectivity index (χ0v) is 6.01. The third-order valence-electron chi connectivity index (χ3n) is 1.51. The van der Waals surface area contributed by atoms with Crippen LogP contribution in [0.4, 0.5) is 0 Å². The Morgan fingerprint density at radius 1 is 1.70 bits per heavy atom. The van der Waals surface area contributed by atoms with E-state index in [-0.39, 0.29) is 0 Å². The quantitative estimate of drug-likeness (QED) is 0.426. The van der Waals surface area contributed by atoms with Gasteiger partial charge in [-0.3, -0.25) is 0 Å². The van der Waals surface area contributed by atoms with E-state index in [1.807, 2.05) is 0 Å². The lowest BCUT2D eigenvalue weighted by molar-refractivity contribution is 0.0282. The van der Waals surface area contributed by atoms with Crippen molar-refractivity contribution in [3.8, 4) is 12.3 Å².